The van der Waals surface area contributed by atoms with Gasteiger partial charge in [0, 0.05) is 24.1 Å². The van der Waals surface area contributed by atoms with E-state index in [0.717, 1.165) is 5.56 Å². The van der Waals surface area contributed by atoms with Gasteiger partial charge >= 0.3 is 0 Å². The number of primary amides is 1. The molecule has 18 heavy (non-hydrogen) atoms. The molecule has 0 fully saturated rings. The molecule has 0 unspecified atom stereocenters. The molecule has 0 saturated heterocycles. The molecule has 96 valence electrons. The molecule has 5 nitrogen and oxygen atoms in total. The predicted octanol–water partition coefficient (Wildman–Crippen LogP) is 1.03. The van der Waals surface area contributed by atoms with Crippen LogP contribution in [-0.2, 0) is 0 Å². The Balaban J connectivity index is 2.63. The van der Waals surface area contributed by atoms with Crippen molar-refractivity contribution in [1.82, 2.24) is 5.32 Å². The third-order valence-electron chi connectivity index (χ3n) is 3.37. The van der Waals surface area contributed by atoms with Crippen molar-refractivity contribution in [3.8, 4) is 5.75 Å². The van der Waals surface area contributed by atoms with E-state index in [4.69, 9.17) is 10.5 Å². The summed E-state index contributed by atoms with van der Waals surface area (Å²) in [4.78, 5) is 23.1. The summed E-state index contributed by atoms with van der Waals surface area (Å²) in [6.07, 6.45) is -0.0217. The first-order valence-electron chi connectivity index (χ1n) is 5.82. The molecule has 0 spiro atoms. The number of carbonyl (C=O) groups excluding carboxylic acids is 2. The lowest BCUT2D eigenvalue weighted by Crippen LogP contribution is -2.20. The third kappa shape index (κ3) is 1.81. The van der Waals surface area contributed by atoms with Crippen LogP contribution < -0.4 is 15.8 Å². The zero-order valence-electron chi connectivity index (χ0n) is 10.6. The van der Waals surface area contributed by atoms with E-state index in [2.05, 4.69) is 5.32 Å². The molecule has 1 aromatic carbocycles. The van der Waals surface area contributed by atoms with Crippen LogP contribution in [0.25, 0.3) is 0 Å². The topological polar surface area (TPSA) is 81.4 Å². The molecular weight excluding hydrogens is 232 g/mol. The summed E-state index contributed by atoms with van der Waals surface area (Å²) in [5, 5.41) is 2.54. The summed E-state index contributed by atoms with van der Waals surface area (Å²) < 4.78 is 5.69. The molecule has 1 aliphatic rings. The van der Waals surface area contributed by atoms with Crippen LogP contribution in [0.4, 0.5) is 0 Å². The van der Waals surface area contributed by atoms with Crippen LogP contribution in [0.1, 0.15) is 46.0 Å². The van der Waals surface area contributed by atoms with E-state index in [1.807, 2.05) is 13.8 Å². The van der Waals surface area contributed by atoms with Gasteiger partial charge in [-0.05, 0) is 19.1 Å². The van der Waals surface area contributed by atoms with Gasteiger partial charge in [0.25, 0.3) is 5.91 Å². The Labute approximate surface area is 105 Å². The second kappa shape index (κ2) is 4.33. The van der Waals surface area contributed by atoms with Crippen molar-refractivity contribution < 1.29 is 14.3 Å². The Hall–Kier alpha value is -2.04. The molecule has 1 aromatic rings. The maximum Gasteiger partial charge on any atom is 0.254 e. The number of fused-ring (bicyclic) bond motifs is 1. The van der Waals surface area contributed by atoms with Crippen molar-refractivity contribution in [2.45, 2.75) is 25.9 Å². The van der Waals surface area contributed by atoms with Crippen molar-refractivity contribution in [2.24, 2.45) is 5.73 Å². The summed E-state index contributed by atoms with van der Waals surface area (Å²) in [6.45, 7) is 3.93. The number of hydrogen-bond acceptors (Lipinski definition) is 3. The molecule has 0 aliphatic carbocycles. The average Bonchev–Trinajstić information content (AvgIpc) is 2.63. The highest BCUT2D eigenvalue weighted by atomic mass is 16.5. The van der Waals surface area contributed by atoms with E-state index in [-0.39, 0.29) is 17.9 Å². The van der Waals surface area contributed by atoms with Crippen LogP contribution >= 0.6 is 0 Å². The lowest BCUT2D eigenvalue weighted by molar-refractivity contribution is 0.0958. The van der Waals surface area contributed by atoms with Crippen molar-refractivity contribution in [2.75, 3.05) is 7.05 Å². The second-order valence-electron chi connectivity index (χ2n) is 4.50. The first kappa shape index (κ1) is 12.4. The average molecular weight is 248 g/mol. The molecule has 3 N–H and O–H groups in total. The number of rotatable bonds is 2. The van der Waals surface area contributed by atoms with Crippen molar-refractivity contribution in [3.05, 3.63) is 28.8 Å². The highest BCUT2D eigenvalue weighted by Gasteiger charge is 2.32. The number of hydrogen-bond donors (Lipinski definition) is 2. The standard InChI is InChI=1S/C13H16N2O3/c1-6-7(2)18-11-9(6)4-8(12(14)16)5-10(11)13(17)15-3/h4-7H,1-3H3,(H2,14,16)(H,15,17)/t6-,7-/m1/s1. The summed E-state index contributed by atoms with van der Waals surface area (Å²) in [5.41, 5.74) is 6.84. The van der Waals surface area contributed by atoms with Gasteiger partial charge in [-0.3, -0.25) is 9.59 Å². The third-order valence-corrected chi connectivity index (χ3v) is 3.37. The fourth-order valence-electron chi connectivity index (χ4n) is 2.11. The number of carbonyl (C=O) groups is 2. The van der Waals surface area contributed by atoms with E-state index >= 15 is 0 Å². The number of ether oxygens (including phenoxy) is 1. The van der Waals surface area contributed by atoms with Gasteiger partial charge in [0.1, 0.15) is 11.9 Å². The van der Waals surface area contributed by atoms with Crippen molar-refractivity contribution in [3.63, 3.8) is 0 Å². The smallest absolute Gasteiger partial charge is 0.254 e. The molecule has 2 rings (SSSR count). The van der Waals surface area contributed by atoms with Gasteiger partial charge in [-0.2, -0.15) is 0 Å². The van der Waals surface area contributed by atoms with Gasteiger partial charge < -0.3 is 15.8 Å². The second-order valence-corrected chi connectivity index (χ2v) is 4.50. The highest BCUT2D eigenvalue weighted by Crippen LogP contribution is 2.41. The molecule has 5 heteroatoms. The van der Waals surface area contributed by atoms with Crippen molar-refractivity contribution in [1.29, 1.82) is 0 Å². The Morgan fingerprint density at radius 2 is 2.00 bits per heavy atom. The first-order chi connectivity index (χ1) is 8.45. The van der Waals surface area contributed by atoms with Crippen molar-refractivity contribution >= 4 is 11.8 Å². The fourth-order valence-corrected chi connectivity index (χ4v) is 2.11. The number of amides is 2. The largest absolute Gasteiger partial charge is 0.489 e. The van der Waals surface area contributed by atoms with Gasteiger partial charge in [0.05, 0.1) is 5.56 Å². The first-order valence-corrected chi connectivity index (χ1v) is 5.82. The Morgan fingerprint density at radius 1 is 1.33 bits per heavy atom. The maximum atomic E-state index is 11.8. The number of nitrogens with one attached hydrogen (secondary N) is 1. The van der Waals surface area contributed by atoms with Gasteiger partial charge in [-0.1, -0.05) is 6.92 Å². The van der Waals surface area contributed by atoms with E-state index in [9.17, 15) is 9.59 Å². The van der Waals surface area contributed by atoms with E-state index in [1.165, 1.54) is 13.1 Å². The summed E-state index contributed by atoms with van der Waals surface area (Å²) in [7, 11) is 1.54. The Bertz CT molecular complexity index is 525. The number of benzene rings is 1. The van der Waals surface area contributed by atoms with Gasteiger partial charge in [-0.15, -0.1) is 0 Å². The fraction of sp³-hybridized carbons (Fsp3) is 0.385. The quantitative estimate of drug-likeness (QED) is 0.820. The molecule has 2 amide bonds. The lowest BCUT2D eigenvalue weighted by atomic mass is 9.94. The van der Waals surface area contributed by atoms with Gasteiger partial charge in [0.2, 0.25) is 5.91 Å². The van der Waals surface area contributed by atoms with Crippen LogP contribution in [0.2, 0.25) is 0 Å². The molecule has 0 radical (unpaired) electrons. The molecular formula is C13H16N2O3. The monoisotopic (exact) mass is 248 g/mol. The maximum absolute atomic E-state index is 11.8. The van der Waals surface area contributed by atoms with Gasteiger partial charge in [0.15, 0.2) is 0 Å². The SMILES string of the molecule is CNC(=O)c1cc(C(N)=O)cc2c1O[C@H](C)[C@H]2C. The minimum atomic E-state index is -0.547. The zero-order chi connectivity index (χ0) is 13.4. The Kier molecular flexibility index (Phi) is 2.98. The normalized spacial score (nSPS) is 21.1. The lowest BCUT2D eigenvalue weighted by Gasteiger charge is -2.09. The zero-order valence-corrected chi connectivity index (χ0v) is 10.6. The summed E-state index contributed by atoms with van der Waals surface area (Å²) in [6, 6.07) is 3.18. The number of nitrogens with two attached hydrogens (primary N) is 1. The summed E-state index contributed by atoms with van der Waals surface area (Å²) >= 11 is 0. The van der Waals surface area contributed by atoms with E-state index < -0.39 is 5.91 Å². The van der Waals surface area contributed by atoms with Crippen LogP contribution in [-0.4, -0.2) is 25.0 Å². The van der Waals surface area contributed by atoms with E-state index in [1.54, 1.807) is 6.07 Å². The van der Waals surface area contributed by atoms with Crippen LogP contribution in [0.15, 0.2) is 12.1 Å². The highest BCUT2D eigenvalue weighted by molar-refractivity contribution is 6.01. The van der Waals surface area contributed by atoms with E-state index in [0.29, 0.717) is 16.9 Å². The molecule has 0 saturated carbocycles. The molecule has 0 aromatic heterocycles. The van der Waals surface area contributed by atoms with Crippen LogP contribution in [0.5, 0.6) is 5.75 Å². The molecule has 0 bridgehead atoms. The molecule has 1 heterocycles. The Morgan fingerprint density at radius 3 is 2.56 bits per heavy atom. The predicted molar refractivity (Wildman–Crippen MR) is 66.9 cm³/mol. The van der Waals surface area contributed by atoms with Crippen LogP contribution in [0.3, 0.4) is 0 Å². The molecule has 1 aliphatic heterocycles. The summed E-state index contributed by atoms with van der Waals surface area (Å²) in [5.74, 6) is -0.146. The van der Waals surface area contributed by atoms with Gasteiger partial charge in [-0.25, -0.2) is 0 Å². The molecule has 2 atom stereocenters. The minimum Gasteiger partial charge on any atom is -0.489 e. The minimum absolute atomic E-state index is 0.0217. The van der Waals surface area contributed by atoms with Crippen LogP contribution in [0, 0.1) is 0 Å².